The maximum Gasteiger partial charge on any atom is 0.451 e. The molecular formula is C11H17F3N4O2. The molecule has 0 aromatic carbocycles. The second-order valence-corrected chi connectivity index (χ2v) is 4.10. The van der Waals surface area contributed by atoms with E-state index in [9.17, 15) is 13.2 Å². The highest BCUT2D eigenvalue weighted by atomic mass is 19.4. The van der Waals surface area contributed by atoms with Crippen molar-refractivity contribution in [3.63, 3.8) is 0 Å². The first-order chi connectivity index (χ1) is 9.36. The van der Waals surface area contributed by atoms with Gasteiger partial charge in [-0.05, 0) is 6.42 Å². The van der Waals surface area contributed by atoms with Crippen molar-refractivity contribution in [3.05, 3.63) is 11.9 Å². The number of halogens is 3. The normalized spacial score (nSPS) is 13.1. The molecule has 0 aliphatic rings. The zero-order valence-electron chi connectivity index (χ0n) is 10.9. The van der Waals surface area contributed by atoms with E-state index in [1.165, 1.54) is 6.07 Å². The van der Waals surface area contributed by atoms with Crippen LogP contribution in [-0.4, -0.2) is 46.0 Å². The van der Waals surface area contributed by atoms with Crippen LogP contribution in [0, 0.1) is 0 Å². The summed E-state index contributed by atoms with van der Waals surface area (Å²) >= 11 is 0. The number of anilines is 2. The molecule has 0 saturated heterocycles. The van der Waals surface area contributed by atoms with E-state index in [0.29, 0.717) is 6.54 Å². The molecule has 9 heteroatoms. The molecule has 20 heavy (non-hydrogen) atoms. The highest BCUT2D eigenvalue weighted by Crippen LogP contribution is 2.28. The van der Waals surface area contributed by atoms with Crippen molar-refractivity contribution < 1.29 is 23.4 Å². The van der Waals surface area contributed by atoms with Crippen molar-refractivity contribution >= 4 is 11.6 Å². The number of hydrogen-bond donors (Lipinski definition) is 4. The van der Waals surface area contributed by atoms with Gasteiger partial charge in [-0.2, -0.15) is 13.2 Å². The molecule has 1 heterocycles. The van der Waals surface area contributed by atoms with Gasteiger partial charge in [0.1, 0.15) is 11.6 Å². The van der Waals surface area contributed by atoms with Gasteiger partial charge in [-0.3, -0.25) is 0 Å². The van der Waals surface area contributed by atoms with Gasteiger partial charge >= 0.3 is 6.18 Å². The number of alkyl halides is 3. The average molecular weight is 294 g/mol. The Morgan fingerprint density at radius 3 is 2.35 bits per heavy atom. The smallest absolute Gasteiger partial charge is 0.394 e. The lowest BCUT2D eigenvalue weighted by Gasteiger charge is -2.13. The molecule has 114 valence electrons. The van der Waals surface area contributed by atoms with Gasteiger partial charge in [-0.25, -0.2) is 9.97 Å². The van der Waals surface area contributed by atoms with Crippen molar-refractivity contribution in [2.45, 2.75) is 25.6 Å². The molecule has 1 rings (SSSR count). The van der Waals surface area contributed by atoms with Gasteiger partial charge in [0.25, 0.3) is 0 Å². The van der Waals surface area contributed by atoms with E-state index < -0.39 is 24.7 Å². The summed E-state index contributed by atoms with van der Waals surface area (Å²) in [6.45, 7) is 1.74. The molecule has 0 saturated carbocycles. The number of aliphatic hydroxyl groups excluding tert-OH is 2. The quantitative estimate of drug-likeness (QED) is 0.602. The molecule has 1 aromatic heterocycles. The summed E-state index contributed by atoms with van der Waals surface area (Å²) in [6.07, 6.45) is -5.00. The SMILES string of the molecule is CCCNc1cc(NCC(O)CO)nc(C(F)(F)F)n1. The summed E-state index contributed by atoms with van der Waals surface area (Å²) in [5.74, 6) is -1.28. The zero-order valence-corrected chi connectivity index (χ0v) is 10.9. The van der Waals surface area contributed by atoms with Crippen molar-refractivity contribution in [1.29, 1.82) is 0 Å². The maximum absolute atomic E-state index is 12.7. The largest absolute Gasteiger partial charge is 0.451 e. The second-order valence-electron chi connectivity index (χ2n) is 4.10. The Morgan fingerprint density at radius 2 is 1.85 bits per heavy atom. The third kappa shape index (κ3) is 5.17. The highest BCUT2D eigenvalue weighted by Gasteiger charge is 2.35. The second kappa shape index (κ2) is 7.25. The Kier molecular flexibility index (Phi) is 5.96. The van der Waals surface area contributed by atoms with Crippen LogP contribution in [0.4, 0.5) is 24.8 Å². The van der Waals surface area contributed by atoms with Gasteiger partial charge in [0.2, 0.25) is 5.82 Å². The van der Waals surface area contributed by atoms with E-state index in [2.05, 4.69) is 20.6 Å². The highest BCUT2D eigenvalue weighted by molar-refractivity contribution is 5.47. The number of aliphatic hydroxyl groups is 2. The third-order valence-electron chi connectivity index (χ3n) is 2.27. The molecule has 0 aliphatic heterocycles. The fourth-order valence-electron chi connectivity index (χ4n) is 1.30. The van der Waals surface area contributed by atoms with Crippen molar-refractivity contribution in [3.8, 4) is 0 Å². The van der Waals surface area contributed by atoms with Gasteiger partial charge < -0.3 is 20.8 Å². The Balaban J connectivity index is 2.91. The van der Waals surface area contributed by atoms with Crippen molar-refractivity contribution in [2.24, 2.45) is 0 Å². The first-order valence-electron chi connectivity index (χ1n) is 6.09. The first-order valence-corrected chi connectivity index (χ1v) is 6.09. The standard InChI is InChI=1S/C11H17F3N4O2/c1-2-3-15-8-4-9(16-5-7(20)6-19)18-10(17-8)11(12,13)14/h4,7,19-20H,2-3,5-6H2,1H3,(H2,15,16,17,18). The Hall–Kier alpha value is -1.61. The maximum atomic E-state index is 12.7. The molecule has 6 nitrogen and oxygen atoms in total. The monoisotopic (exact) mass is 294 g/mol. The zero-order chi connectivity index (χ0) is 15.2. The molecule has 1 unspecified atom stereocenters. The van der Waals surface area contributed by atoms with E-state index >= 15 is 0 Å². The minimum atomic E-state index is -4.66. The van der Waals surface area contributed by atoms with Gasteiger partial charge in [0.05, 0.1) is 12.7 Å². The summed E-state index contributed by atoms with van der Waals surface area (Å²) in [7, 11) is 0. The summed E-state index contributed by atoms with van der Waals surface area (Å²) in [5, 5.41) is 23.1. The van der Waals surface area contributed by atoms with E-state index in [0.717, 1.165) is 6.42 Å². The number of aromatic nitrogens is 2. The minimum Gasteiger partial charge on any atom is -0.394 e. The number of hydrogen-bond acceptors (Lipinski definition) is 6. The van der Waals surface area contributed by atoms with Crippen LogP contribution >= 0.6 is 0 Å². The lowest BCUT2D eigenvalue weighted by molar-refractivity contribution is -0.144. The molecule has 1 atom stereocenters. The predicted octanol–water partition coefficient (Wildman–Crippen LogP) is 1.08. The molecule has 0 aliphatic carbocycles. The fraction of sp³-hybridized carbons (Fsp3) is 0.636. The van der Waals surface area contributed by atoms with Crippen LogP contribution in [0.25, 0.3) is 0 Å². The molecule has 0 spiro atoms. The fourth-order valence-corrected chi connectivity index (χ4v) is 1.30. The Bertz CT molecular complexity index is 429. The van der Waals surface area contributed by atoms with E-state index in [4.69, 9.17) is 10.2 Å². The number of nitrogens with one attached hydrogen (secondary N) is 2. The number of nitrogens with zero attached hydrogens (tertiary/aromatic N) is 2. The van der Waals surface area contributed by atoms with Crippen molar-refractivity contribution in [2.75, 3.05) is 30.3 Å². The van der Waals surface area contributed by atoms with Crippen LogP contribution in [0.15, 0.2) is 6.07 Å². The van der Waals surface area contributed by atoms with Crippen LogP contribution in [0.5, 0.6) is 0 Å². The molecule has 4 N–H and O–H groups in total. The summed E-state index contributed by atoms with van der Waals surface area (Å²) < 4.78 is 38.0. The van der Waals surface area contributed by atoms with Crippen LogP contribution in [0.2, 0.25) is 0 Å². The van der Waals surface area contributed by atoms with Gasteiger partial charge in [-0.1, -0.05) is 6.92 Å². The molecular weight excluding hydrogens is 277 g/mol. The molecule has 0 radical (unpaired) electrons. The summed E-state index contributed by atoms with van der Waals surface area (Å²) in [4.78, 5) is 6.73. The van der Waals surface area contributed by atoms with E-state index in [1.807, 2.05) is 6.92 Å². The van der Waals surface area contributed by atoms with Gasteiger partial charge in [0, 0.05) is 19.2 Å². The predicted molar refractivity (Wildman–Crippen MR) is 67.4 cm³/mol. The Labute approximate surface area is 114 Å². The van der Waals surface area contributed by atoms with E-state index in [1.54, 1.807) is 0 Å². The van der Waals surface area contributed by atoms with E-state index in [-0.39, 0.29) is 18.2 Å². The summed E-state index contributed by atoms with van der Waals surface area (Å²) in [6, 6.07) is 1.31. The van der Waals surface area contributed by atoms with Crippen molar-refractivity contribution in [1.82, 2.24) is 9.97 Å². The van der Waals surface area contributed by atoms with Crippen LogP contribution in [0.3, 0.4) is 0 Å². The Morgan fingerprint density at radius 1 is 1.25 bits per heavy atom. The van der Waals surface area contributed by atoms with Gasteiger partial charge in [-0.15, -0.1) is 0 Å². The molecule has 0 amide bonds. The average Bonchev–Trinajstić information content (AvgIpc) is 2.41. The molecule has 1 aromatic rings. The van der Waals surface area contributed by atoms with Gasteiger partial charge in [0.15, 0.2) is 0 Å². The topological polar surface area (TPSA) is 90.3 Å². The van der Waals surface area contributed by atoms with Crippen LogP contribution < -0.4 is 10.6 Å². The number of rotatable bonds is 7. The summed E-state index contributed by atoms with van der Waals surface area (Å²) in [5.41, 5.74) is 0. The third-order valence-corrected chi connectivity index (χ3v) is 2.27. The molecule has 0 fully saturated rings. The lowest BCUT2D eigenvalue weighted by atomic mass is 10.3. The lowest BCUT2D eigenvalue weighted by Crippen LogP contribution is -2.24. The minimum absolute atomic E-state index is 0.0511. The van der Waals surface area contributed by atoms with Crippen LogP contribution in [0.1, 0.15) is 19.2 Å². The van der Waals surface area contributed by atoms with Crippen LogP contribution in [-0.2, 0) is 6.18 Å². The molecule has 0 bridgehead atoms. The first kappa shape index (κ1) is 16.4.